The summed E-state index contributed by atoms with van der Waals surface area (Å²) in [7, 11) is 1.92. The SMILES string of the molecule is Cc1cc(C(=O)N2CCC(c3cnn(C)c3)C2)ccc1Br. The number of hydrogen-bond acceptors (Lipinski definition) is 2. The first-order chi connectivity index (χ1) is 10.0. The fraction of sp³-hybridized carbons (Fsp3) is 0.375. The van der Waals surface area contributed by atoms with Crippen LogP contribution < -0.4 is 0 Å². The summed E-state index contributed by atoms with van der Waals surface area (Å²) in [4.78, 5) is 14.5. The van der Waals surface area contributed by atoms with Crippen molar-refractivity contribution >= 4 is 21.8 Å². The van der Waals surface area contributed by atoms with Gasteiger partial charge in [0.1, 0.15) is 0 Å². The second-order valence-electron chi connectivity index (χ2n) is 5.65. The molecular weight excluding hydrogens is 330 g/mol. The highest BCUT2D eigenvalue weighted by atomic mass is 79.9. The van der Waals surface area contributed by atoms with E-state index in [2.05, 4.69) is 21.0 Å². The number of carbonyl (C=O) groups excluding carboxylic acids is 1. The molecule has 2 heterocycles. The minimum atomic E-state index is 0.122. The Kier molecular flexibility index (Phi) is 3.85. The number of benzene rings is 1. The van der Waals surface area contributed by atoms with Crippen LogP contribution in [0.2, 0.25) is 0 Å². The van der Waals surface area contributed by atoms with Crippen LogP contribution in [-0.2, 0) is 7.05 Å². The van der Waals surface area contributed by atoms with E-state index in [0.717, 1.165) is 35.1 Å². The first kappa shape index (κ1) is 14.3. The molecule has 1 fully saturated rings. The van der Waals surface area contributed by atoms with Crippen LogP contribution in [0.3, 0.4) is 0 Å². The molecule has 1 aliphatic rings. The summed E-state index contributed by atoms with van der Waals surface area (Å²) in [5.41, 5.74) is 3.08. The molecule has 1 aromatic carbocycles. The highest BCUT2D eigenvalue weighted by molar-refractivity contribution is 9.10. The fourth-order valence-corrected chi connectivity index (χ4v) is 3.07. The van der Waals surface area contributed by atoms with E-state index in [-0.39, 0.29) is 5.91 Å². The van der Waals surface area contributed by atoms with Crippen LogP contribution in [0.15, 0.2) is 35.1 Å². The van der Waals surface area contributed by atoms with Crippen molar-refractivity contribution in [1.82, 2.24) is 14.7 Å². The van der Waals surface area contributed by atoms with E-state index in [9.17, 15) is 4.79 Å². The number of halogens is 1. The molecule has 0 radical (unpaired) electrons. The van der Waals surface area contributed by atoms with Crippen molar-refractivity contribution in [2.24, 2.45) is 7.05 Å². The third kappa shape index (κ3) is 2.88. The van der Waals surface area contributed by atoms with Crippen LogP contribution in [0.5, 0.6) is 0 Å². The van der Waals surface area contributed by atoms with Crippen molar-refractivity contribution < 1.29 is 4.79 Å². The summed E-state index contributed by atoms with van der Waals surface area (Å²) in [6, 6.07) is 5.78. The van der Waals surface area contributed by atoms with Gasteiger partial charge in [0, 0.05) is 42.3 Å². The van der Waals surface area contributed by atoms with Gasteiger partial charge in [-0.25, -0.2) is 0 Å². The Morgan fingerprint density at radius 3 is 2.90 bits per heavy atom. The van der Waals surface area contributed by atoms with E-state index in [1.165, 1.54) is 5.56 Å². The lowest BCUT2D eigenvalue weighted by Gasteiger charge is -2.17. The Labute approximate surface area is 132 Å². The van der Waals surface area contributed by atoms with Crippen molar-refractivity contribution in [2.45, 2.75) is 19.3 Å². The van der Waals surface area contributed by atoms with Gasteiger partial charge in [0.15, 0.2) is 0 Å². The van der Waals surface area contributed by atoms with E-state index >= 15 is 0 Å². The monoisotopic (exact) mass is 347 g/mol. The smallest absolute Gasteiger partial charge is 0.253 e. The lowest BCUT2D eigenvalue weighted by molar-refractivity contribution is 0.0790. The lowest BCUT2D eigenvalue weighted by atomic mass is 10.0. The fourth-order valence-electron chi connectivity index (χ4n) is 2.83. The molecule has 1 unspecified atom stereocenters. The van der Waals surface area contributed by atoms with Crippen LogP contribution in [0.25, 0.3) is 0 Å². The zero-order chi connectivity index (χ0) is 15.0. The summed E-state index contributed by atoms with van der Waals surface area (Å²) in [5.74, 6) is 0.524. The number of hydrogen-bond donors (Lipinski definition) is 0. The molecule has 1 atom stereocenters. The zero-order valence-corrected chi connectivity index (χ0v) is 13.8. The quantitative estimate of drug-likeness (QED) is 0.836. The molecule has 0 N–H and O–H groups in total. The highest BCUT2D eigenvalue weighted by Crippen LogP contribution is 2.28. The lowest BCUT2D eigenvalue weighted by Crippen LogP contribution is -2.28. The number of carbonyl (C=O) groups is 1. The molecule has 0 bridgehead atoms. The van der Waals surface area contributed by atoms with Crippen LogP contribution in [0.1, 0.15) is 33.8 Å². The average molecular weight is 348 g/mol. The van der Waals surface area contributed by atoms with Crippen molar-refractivity contribution in [3.05, 3.63) is 51.8 Å². The number of rotatable bonds is 2. The molecule has 110 valence electrons. The number of nitrogens with zero attached hydrogens (tertiary/aromatic N) is 3. The maximum Gasteiger partial charge on any atom is 0.253 e. The highest BCUT2D eigenvalue weighted by Gasteiger charge is 2.28. The van der Waals surface area contributed by atoms with Gasteiger partial charge in [0.25, 0.3) is 5.91 Å². The Balaban J connectivity index is 1.73. The number of likely N-dealkylation sites (tertiary alicyclic amines) is 1. The number of aryl methyl sites for hydroxylation is 2. The van der Waals surface area contributed by atoms with Crippen molar-refractivity contribution in [3.63, 3.8) is 0 Å². The van der Waals surface area contributed by atoms with E-state index < -0.39 is 0 Å². The molecule has 0 saturated carbocycles. The molecular formula is C16H18BrN3O. The second kappa shape index (κ2) is 5.64. The van der Waals surface area contributed by atoms with Crippen LogP contribution in [-0.4, -0.2) is 33.7 Å². The maximum atomic E-state index is 12.6. The topological polar surface area (TPSA) is 38.1 Å². The molecule has 5 heteroatoms. The predicted octanol–water partition coefficient (Wildman–Crippen LogP) is 3.12. The molecule has 1 saturated heterocycles. The Hall–Kier alpha value is -1.62. The number of aromatic nitrogens is 2. The van der Waals surface area contributed by atoms with Crippen molar-refractivity contribution in [1.29, 1.82) is 0 Å². The molecule has 1 aromatic heterocycles. The van der Waals surface area contributed by atoms with Gasteiger partial charge in [-0.1, -0.05) is 15.9 Å². The maximum absolute atomic E-state index is 12.6. The van der Waals surface area contributed by atoms with Gasteiger partial charge in [-0.3, -0.25) is 9.48 Å². The third-order valence-electron chi connectivity index (χ3n) is 4.08. The van der Waals surface area contributed by atoms with E-state index in [0.29, 0.717) is 5.92 Å². The van der Waals surface area contributed by atoms with E-state index in [1.807, 2.05) is 54.1 Å². The zero-order valence-electron chi connectivity index (χ0n) is 12.2. The molecule has 1 amide bonds. The first-order valence-electron chi connectivity index (χ1n) is 7.08. The van der Waals surface area contributed by atoms with Crippen molar-refractivity contribution in [2.75, 3.05) is 13.1 Å². The van der Waals surface area contributed by atoms with Gasteiger partial charge >= 0.3 is 0 Å². The molecule has 21 heavy (non-hydrogen) atoms. The minimum absolute atomic E-state index is 0.122. The van der Waals surface area contributed by atoms with Gasteiger partial charge in [-0.2, -0.15) is 5.10 Å². The van der Waals surface area contributed by atoms with Crippen LogP contribution in [0, 0.1) is 6.92 Å². The van der Waals surface area contributed by atoms with Crippen LogP contribution in [0.4, 0.5) is 0 Å². The van der Waals surface area contributed by atoms with Gasteiger partial charge in [0.05, 0.1) is 6.20 Å². The summed E-state index contributed by atoms with van der Waals surface area (Å²) >= 11 is 3.47. The summed E-state index contributed by atoms with van der Waals surface area (Å²) in [6.45, 7) is 3.59. The van der Waals surface area contributed by atoms with Gasteiger partial charge in [-0.05, 0) is 42.7 Å². The molecule has 4 nitrogen and oxygen atoms in total. The second-order valence-corrected chi connectivity index (χ2v) is 6.50. The molecule has 0 spiro atoms. The summed E-state index contributed by atoms with van der Waals surface area (Å²) in [6.07, 6.45) is 4.96. The van der Waals surface area contributed by atoms with Gasteiger partial charge < -0.3 is 4.90 Å². The molecule has 1 aliphatic heterocycles. The largest absolute Gasteiger partial charge is 0.338 e. The summed E-state index contributed by atoms with van der Waals surface area (Å²) in [5, 5.41) is 4.22. The molecule has 0 aliphatic carbocycles. The minimum Gasteiger partial charge on any atom is -0.338 e. The Morgan fingerprint density at radius 2 is 2.24 bits per heavy atom. The van der Waals surface area contributed by atoms with Crippen molar-refractivity contribution in [3.8, 4) is 0 Å². The standard InChI is InChI=1S/C16H18BrN3O/c1-11-7-12(3-4-15(11)17)16(21)20-6-5-13(10-20)14-8-18-19(2)9-14/h3-4,7-9,13H,5-6,10H2,1-2H3. The Bertz CT molecular complexity index is 680. The van der Waals surface area contributed by atoms with E-state index in [4.69, 9.17) is 0 Å². The first-order valence-corrected chi connectivity index (χ1v) is 7.88. The number of amides is 1. The normalized spacial score (nSPS) is 18.2. The molecule has 2 aromatic rings. The average Bonchev–Trinajstić information content (AvgIpc) is 3.09. The summed E-state index contributed by atoms with van der Waals surface area (Å²) < 4.78 is 2.85. The van der Waals surface area contributed by atoms with Crippen LogP contribution >= 0.6 is 15.9 Å². The van der Waals surface area contributed by atoms with Gasteiger partial charge in [0.2, 0.25) is 0 Å². The third-order valence-corrected chi connectivity index (χ3v) is 4.97. The Morgan fingerprint density at radius 1 is 1.43 bits per heavy atom. The van der Waals surface area contributed by atoms with Gasteiger partial charge in [-0.15, -0.1) is 0 Å². The molecule has 3 rings (SSSR count). The predicted molar refractivity (Wildman–Crippen MR) is 85.3 cm³/mol. The van der Waals surface area contributed by atoms with E-state index in [1.54, 1.807) is 0 Å².